The van der Waals surface area contributed by atoms with Gasteiger partial charge in [0.15, 0.2) is 10.8 Å². The number of carbonyl (C=O) groups excluding carboxylic acids is 3. The van der Waals surface area contributed by atoms with Crippen molar-refractivity contribution in [3.63, 3.8) is 0 Å². The van der Waals surface area contributed by atoms with E-state index in [4.69, 9.17) is 4.84 Å². The highest BCUT2D eigenvalue weighted by molar-refractivity contribution is 7.99. The van der Waals surface area contributed by atoms with Crippen LogP contribution in [0.2, 0.25) is 0 Å². The normalized spacial score (nSPS) is 19.6. The van der Waals surface area contributed by atoms with Crippen LogP contribution in [0.3, 0.4) is 0 Å². The van der Waals surface area contributed by atoms with Crippen molar-refractivity contribution in [2.24, 2.45) is 5.16 Å². The Morgan fingerprint density at radius 3 is 2.84 bits per heavy atom. The number of nitrogens with one attached hydrogen (secondary N) is 3. The molecule has 25 heavy (non-hydrogen) atoms. The van der Waals surface area contributed by atoms with Crippen LogP contribution in [0, 0.1) is 0 Å². The van der Waals surface area contributed by atoms with E-state index < -0.39 is 11.9 Å². The molecule has 0 aliphatic carbocycles. The van der Waals surface area contributed by atoms with Crippen molar-refractivity contribution in [2.75, 3.05) is 30.7 Å². The molecule has 1 aliphatic rings. The van der Waals surface area contributed by atoms with E-state index in [0.717, 1.165) is 0 Å². The third kappa shape index (κ3) is 4.86. The van der Waals surface area contributed by atoms with Gasteiger partial charge in [-0.1, -0.05) is 5.16 Å². The van der Waals surface area contributed by atoms with E-state index in [-0.39, 0.29) is 28.6 Å². The smallest absolute Gasteiger partial charge is 0.276 e. The van der Waals surface area contributed by atoms with Crippen LogP contribution in [-0.4, -0.2) is 65.2 Å². The van der Waals surface area contributed by atoms with Crippen LogP contribution >= 0.6 is 34.9 Å². The highest BCUT2D eigenvalue weighted by Gasteiger charge is 2.40. The molecule has 2 heterocycles. The third-order valence-electron chi connectivity index (χ3n) is 3.08. The van der Waals surface area contributed by atoms with Crippen LogP contribution in [0.25, 0.3) is 0 Å². The first-order valence-electron chi connectivity index (χ1n) is 7.00. The Bertz CT molecular complexity index is 693. The van der Waals surface area contributed by atoms with Crippen molar-refractivity contribution in [3.05, 3.63) is 11.1 Å². The van der Waals surface area contributed by atoms with E-state index in [1.165, 1.54) is 42.0 Å². The Kier molecular flexibility index (Phi) is 7.08. The van der Waals surface area contributed by atoms with E-state index in [0.29, 0.717) is 10.9 Å². The predicted octanol–water partition coefficient (Wildman–Crippen LogP) is 0.0988. The van der Waals surface area contributed by atoms with Crippen molar-refractivity contribution in [2.45, 2.75) is 11.4 Å². The maximum Gasteiger partial charge on any atom is 0.276 e. The van der Waals surface area contributed by atoms with Crippen molar-refractivity contribution in [1.82, 2.24) is 15.6 Å². The van der Waals surface area contributed by atoms with Gasteiger partial charge in [-0.25, -0.2) is 4.98 Å². The molecule has 1 saturated heterocycles. The SMILES string of the molecule is CON=C(C(=O)N[C@@H]1C(=O)N[C@H]1SC)c1csc(NC(=O)CSC)n1. The molecule has 0 saturated carbocycles. The van der Waals surface area contributed by atoms with E-state index in [1.54, 1.807) is 5.38 Å². The summed E-state index contributed by atoms with van der Waals surface area (Å²) in [6.07, 6.45) is 3.65. The third-order valence-corrected chi connectivity index (χ3v) is 5.28. The Morgan fingerprint density at radius 1 is 1.48 bits per heavy atom. The zero-order chi connectivity index (χ0) is 18.4. The number of hydrogen-bond acceptors (Lipinski definition) is 9. The van der Waals surface area contributed by atoms with Gasteiger partial charge in [-0.05, 0) is 12.5 Å². The maximum absolute atomic E-state index is 12.4. The minimum atomic E-state index is -0.635. The van der Waals surface area contributed by atoms with E-state index in [9.17, 15) is 14.4 Å². The maximum atomic E-state index is 12.4. The summed E-state index contributed by atoms with van der Waals surface area (Å²) < 4.78 is 0. The van der Waals surface area contributed by atoms with E-state index in [1.807, 2.05) is 12.5 Å². The summed E-state index contributed by atoms with van der Waals surface area (Å²) in [6, 6.07) is -0.635. The fourth-order valence-electron chi connectivity index (χ4n) is 1.92. The molecule has 0 aromatic carbocycles. The molecular weight excluding hydrogens is 386 g/mol. The Morgan fingerprint density at radius 2 is 2.24 bits per heavy atom. The second-order valence-electron chi connectivity index (χ2n) is 4.76. The van der Waals surface area contributed by atoms with E-state index >= 15 is 0 Å². The number of carbonyl (C=O) groups is 3. The molecule has 3 N–H and O–H groups in total. The van der Waals surface area contributed by atoms with Crippen LogP contribution in [0.15, 0.2) is 10.5 Å². The van der Waals surface area contributed by atoms with Crippen LogP contribution in [0.5, 0.6) is 0 Å². The van der Waals surface area contributed by atoms with Crippen molar-refractivity contribution >= 4 is 63.4 Å². The molecule has 136 valence electrons. The predicted molar refractivity (Wildman–Crippen MR) is 100 cm³/mol. The zero-order valence-electron chi connectivity index (χ0n) is 13.7. The van der Waals surface area contributed by atoms with Gasteiger partial charge < -0.3 is 20.8 Å². The second-order valence-corrected chi connectivity index (χ2v) is 7.46. The Labute approximate surface area is 156 Å². The molecule has 12 heteroatoms. The molecule has 0 unspecified atom stereocenters. The van der Waals surface area contributed by atoms with Gasteiger partial charge in [0.25, 0.3) is 5.91 Å². The molecule has 1 aliphatic heterocycles. The van der Waals surface area contributed by atoms with Gasteiger partial charge >= 0.3 is 0 Å². The fraction of sp³-hybridized carbons (Fsp3) is 0.462. The van der Waals surface area contributed by atoms with E-state index in [2.05, 4.69) is 26.1 Å². The summed E-state index contributed by atoms with van der Waals surface area (Å²) >= 11 is 3.98. The first-order valence-corrected chi connectivity index (χ1v) is 10.6. The average molecular weight is 404 g/mol. The van der Waals surface area contributed by atoms with Gasteiger partial charge in [0.05, 0.1) is 5.75 Å². The van der Waals surface area contributed by atoms with Crippen LogP contribution in [0.1, 0.15) is 5.69 Å². The molecule has 0 bridgehead atoms. The number of hydrogen-bond donors (Lipinski definition) is 3. The van der Waals surface area contributed by atoms with Gasteiger partial charge in [-0.15, -0.1) is 23.1 Å². The number of thiazole rings is 1. The number of aromatic nitrogens is 1. The van der Waals surface area contributed by atoms with Crippen LogP contribution in [-0.2, 0) is 19.2 Å². The number of nitrogens with zero attached hydrogens (tertiary/aromatic N) is 2. The minimum Gasteiger partial charge on any atom is -0.398 e. The molecule has 1 fully saturated rings. The summed E-state index contributed by atoms with van der Waals surface area (Å²) in [5.74, 6) is -0.709. The molecule has 0 radical (unpaired) electrons. The topological polar surface area (TPSA) is 122 Å². The number of β-lactam (4-membered cyclic amide) rings is 1. The summed E-state index contributed by atoms with van der Waals surface area (Å²) in [5, 5.41) is 13.4. The van der Waals surface area contributed by atoms with Crippen LogP contribution < -0.4 is 16.0 Å². The first kappa shape index (κ1) is 19.5. The number of rotatable bonds is 8. The number of oxime groups is 1. The molecule has 0 spiro atoms. The first-order chi connectivity index (χ1) is 12.0. The lowest BCUT2D eigenvalue weighted by molar-refractivity contribution is -0.132. The van der Waals surface area contributed by atoms with Crippen molar-refractivity contribution in [1.29, 1.82) is 0 Å². The van der Waals surface area contributed by atoms with Gasteiger partial charge in [-0.2, -0.15) is 11.8 Å². The van der Waals surface area contributed by atoms with Gasteiger partial charge in [0.2, 0.25) is 11.8 Å². The fourth-order valence-corrected chi connectivity index (χ4v) is 3.67. The van der Waals surface area contributed by atoms with Crippen molar-refractivity contribution in [3.8, 4) is 0 Å². The quantitative estimate of drug-likeness (QED) is 0.320. The Hall–Kier alpha value is -1.79. The summed E-state index contributed by atoms with van der Waals surface area (Å²) in [4.78, 5) is 44.5. The average Bonchev–Trinajstić information content (AvgIpc) is 3.03. The summed E-state index contributed by atoms with van der Waals surface area (Å²) in [7, 11) is 1.31. The zero-order valence-corrected chi connectivity index (χ0v) is 16.1. The lowest BCUT2D eigenvalue weighted by Gasteiger charge is -2.35. The second kappa shape index (κ2) is 9.06. The standard InChI is InChI=1S/C13H17N5O4S3/c1-22-18-8(10(20)16-9-11(21)17-12(9)24-3)6-4-25-13(14-6)15-7(19)5-23-2/h4,9,12H,5H2,1-3H3,(H,16,20)(H,17,21)(H,14,15,19)/t9-,12+/m1/s1. The number of amides is 3. The number of anilines is 1. The Balaban J connectivity index is 2.09. The summed E-state index contributed by atoms with van der Waals surface area (Å²) in [5.41, 5.74) is 0.188. The van der Waals surface area contributed by atoms with Gasteiger partial charge in [0, 0.05) is 5.38 Å². The largest absolute Gasteiger partial charge is 0.398 e. The highest BCUT2D eigenvalue weighted by atomic mass is 32.2. The molecule has 1 aromatic rings. The molecule has 1 aromatic heterocycles. The summed E-state index contributed by atoms with van der Waals surface area (Å²) in [6.45, 7) is 0. The lowest BCUT2D eigenvalue weighted by Crippen LogP contribution is -2.68. The number of thioether (sulfide) groups is 2. The minimum absolute atomic E-state index is 0.0660. The van der Waals surface area contributed by atoms with Gasteiger partial charge in [-0.3, -0.25) is 14.4 Å². The molecule has 2 rings (SSSR count). The molecule has 9 nitrogen and oxygen atoms in total. The van der Waals surface area contributed by atoms with Gasteiger partial charge in [0.1, 0.15) is 24.2 Å². The molecule has 3 amide bonds. The monoisotopic (exact) mass is 403 g/mol. The lowest BCUT2D eigenvalue weighted by atomic mass is 10.1. The molecular formula is C13H17N5O4S3. The highest BCUT2D eigenvalue weighted by Crippen LogP contribution is 2.19. The van der Waals surface area contributed by atoms with Crippen molar-refractivity contribution < 1.29 is 19.2 Å². The molecule has 2 atom stereocenters. The van der Waals surface area contributed by atoms with Crippen LogP contribution in [0.4, 0.5) is 5.13 Å².